The molecule has 10 unspecified atom stereocenters. The smallest absolute Gasteiger partial charge is 0.457 e. The fraction of sp³-hybridized carbons (Fsp3) is 0.899. The number of hydrogen-bond acceptors (Lipinski definition) is 26. The highest BCUT2D eigenvalue weighted by molar-refractivity contribution is 6.40. The third-order valence-corrected chi connectivity index (χ3v) is 22.3. The van der Waals surface area contributed by atoms with Crippen LogP contribution in [0.2, 0.25) is 0 Å². The molecule has 0 aromatic heterocycles. The molecule has 0 aromatic carbocycles. The van der Waals surface area contributed by atoms with Crippen LogP contribution in [0, 0.1) is 47.3 Å². The van der Waals surface area contributed by atoms with Crippen molar-refractivity contribution in [1.82, 2.24) is 9.80 Å². The van der Waals surface area contributed by atoms with E-state index in [0.29, 0.717) is 91.1 Å². The minimum absolute atomic E-state index is 0.0262. The van der Waals surface area contributed by atoms with Crippen molar-refractivity contribution < 1.29 is 114 Å². The molecule has 0 saturated carbocycles. The summed E-state index contributed by atoms with van der Waals surface area (Å²) in [6.45, 7) is 37.5. The van der Waals surface area contributed by atoms with Gasteiger partial charge in [-0.15, -0.1) is 23.2 Å². The van der Waals surface area contributed by atoms with Gasteiger partial charge in [0.1, 0.15) is 30.3 Å². The average Bonchev–Trinajstić information content (AvgIpc) is 1.62. The monoisotopic (exact) mass is 1420 g/mol. The number of esters is 4. The molecule has 28 heteroatoms. The minimum atomic E-state index is -1.29. The number of alkyl halides is 2. The summed E-state index contributed by atoms with van der Waals surface area (Å²) in [6, 6.07) is -0.352. The molecule has 97 heavy (non-hydrogen) atoms. The van der Waals surface area contributed by atoms with Gasteiger partial charge in [0.2, 0.25) is 0 Å². The van der Waals surface area contributed by atoms with Crippen LogP contribution in [0.25, 0.3) is 0 Å². The summed E-state index contributed by atoms with van der Waals surface area (Å²) in [7, 11) is 0. The second kappa shape index (κ2) is 32.7. The van der Waals surface area contributed by atoms with E-state index in [1.807, 2.05) is 62.3 Å². The Bertz CT molecular complexity index is 2730. The normalized spacial score (nSPS) is 46.1. The second-order valence-corrected chi connectivity index (χ2v) is 30.4. The zero-order chi connectivity index (χ0) is 71.6. The summed E-state index contributed by atoms with van der Waals surface area (Å²) >= 11 is 9.53. The SMILES string of the molecule is CC[C@H]1OC(=O)O[C@@]1(C)[C@@H]1OC(=O)[C@H](C)C(=O)[C@H](C)[C@@H](O[C@@H]2OC(C)CC(N3CCOCC3)C2OC(C)=O)[C@]2(C)CC(C)C(O2)[C@@H]1C.CC[C@H]1OC(=O)O[C@@]1(C)[C@@H]1OC(=O)[C@H](C)[C@@H](O)[C@H](C)[C@@H](O[C@@H]2OC(C)CC(N3CCOCC3)C2OC(C)=O)[C@]2(C)CC(C)C(O2)[C@@H]1C.ClCCl. The third kappa shape index (κ3) is 17.0. The number of halogens is 2. The van der Waals surface area contributed by atoms with E-state index in [9.17, 15) is 38.7 Å². The zero-order valence-electron chi connectivity index (χ0n) is 60.0. The Morgan fingerprint density at radius 1 is 0.557 bits per heavy atom. The number of carbonyl (C=O) groups is 7. The number of nitrogens with zero attached hydrogens (tertiary/aromatic N) is 2. The molecule has 10 heterocycles. The highest BCUT2D eigenvalue weighted by atomic mass is 35.5. The lowest BCUT2D eigenvalue weighted by Gasteiger charge is -2.48. The van der Waals surface area contributed by atoms with Crippen LogP contribution in [-0.4, -0.2) is 241 Å². The Balaban J connectivity index is 0.000000238. The van der Waals surface area contributed by atoms with Crippen molar-refractivity contribution in [2.45, 2.75) is 290 Å². The van der Waals surface area contributed by atoms with Crippen LogP contribution >= 0.6 is 23.2 Å². The lowest BCUT2D eigenvalue weighted by Crippen LogP contribution is -2.62. The number of ketones is 1. The molecule has 0 amide bonds. The average molecular weight is 1420 g/mol. The number of morpholine rings is 2. The Labute approximate surface area is 581 Å². The highest BCUT2D eigenvalue weighted by Gasteiger charge is 2.64. The van der Waals surface area contributed by atoms with Crippen molar-refractivity contribution >= 4 is 65.2 Å². The maximum Gasteiger partial charge on any atom is 0.509 e. The number of carbonyl (C=O) groups excluding carboxylic acids is 7. The topological polar surface area (TPSA) is 294 Å². The molecule has 1 N–H and O–H groups in total. The fourth-order valence-electron chi connectivity index (χ4n) is 17.6. The molecular formula is C69H110Cl2N2O24. The number of hydrogen-bond donors (Lipinski definition) is 1. The van der Waals surface area contributed by atoms with Crippen molar-refractivity contribution in [2.24, 2.45) is 47.3 Å². The van der Waals surface area contributed by atoms with Gasteiger partial charge in [0, 0.05) is 63.7 Å². The van der Waals surface area contributed by atoms with Gasteiger partial charge in [-0.05, 0) is 106 Å². The number of cyclic esters (lactones) is 6. The van der Waals surface area contributed by atoms with Crippen LogP contribution in [0.4, 0.5) is 9.59 Å². The molecule has 10 aliphatic heterocycles. The van der Waals surface area contributed by atoms with Crippen LogP contribution in [0.5, 0.6) is 0 Å². The van der Waals surface area contributed by atoms with Crippen LogP contribution in [-0.2, 0) is 99.8 Å². The number of ether oxygens (including phenoxy) is 16. The predicted octanol–water partition coefficient (Wildman–Crippen LogP) is 8.07. The van der Waals surface area contributed by atoms with Gasteiger partial charge in [0.15, 0.2) is 41.8 Å². The van der Waals surface area contributed by atoms with Gasteiger partial charge < -0.3 is 80.9 Å². The second-order valence-electron chi connectivity index (χ2n) is 29.6. The van der Waals surface area contributed by atoms with Crippen molar-refractivity contribution in [2.75, 3.05) is 57.9 Å². The van der Waals surface area contributed by atoms with Crippen LogP contribution < -0.4 is 0 Å². The van der Waals surface area contributed by atoms with Crippen LogP contribution in [0.3, 0.4) is 0 Å². The van der Waals surface area contributed by atoms with E-state index in [4.69, 9.17) is 99.0 Å². The standard InChI is InChI=1S/C34H55NO12.C34H53NO12.CH2Cl2/c2*1-10-24-34(9,47-32(39)43-24)29-21(6)26-17(2)16-33(8,46-26)28(19(4)25(37)20(5)30(38)44-29)45-31-27(42-22(7)36)23(15-18(3)41-31)35-11-13-40-14-12-35;2-1-3/h17-21,23-29,31,37H,10-16H2,1-9H3;17-21,23-24,26-29,31H,10-16H2,1-9H3;1H2/t17?,18?,19-,20+,21-,23?,24+,25-,26?,27?,28+,29+,31-,33-,34+;17?,18?,19-,20+,21-,23?,24+,26?,27?,28+,29+,31-,33-,34+;/m00./s1. The number of Topliss-reactive ketones (excluding diaryl/α,β-unsaturated/α-hetero) is 1. The van der Waals surface area contributed by atoms with Crippen molar-refractivity contribution in [3.05, 3.63) is 0 Å². The molecule has 26 nitrogen and oxygen atoms in total. The van der Waals surface area contributed by atoms with Gasteiger partial charge in [-0.3, -0.25) is 33.8 Å². The molecule has 10 saturated heterocycles. The third-order valence-electron chi connectivity index (χ3n) is 22.3. The van der Waals surface area contributed by atoms with E-state index < -0.39 is 174 Å². The van der Waals surface area contributed by atoms with E-state index in [1.54, 1.807) is 27.7 Å². The van der Waals surface area contributed by atoms with Gasteiger partial charge in [-0.25, -0.2) is 9.59 Å². The number of aliphatic hydroxyl groups is 1. The summed E-state index contributed by atoms with van der Waals surface area (Å²) in [4.78, 5) is 95.8. The summed E-state index contributed by atoms with van der Waals surface area (Å²) in [5.74, 6) is -7.16. The lowest BCUT2D eigenvalue weighted by molar-refractivity contribution is -0.305. The van der Waals surface area contributed by atoms with E-state index in [2.05, 4.69) is 23.6 Å². The van der Waals surface area contributed by atoms with E-state index in [1.165, 1.54) is 20.8 Å². The molecule has 10 aliphatic rings. The Hall–Kier alpha value is -3.77. The van der Waals surface area contributed by atoms with Crippen molar-refractivity contribution in [3.8, 4) is 0 Å². The van der Waals surface area contributed by atoms with Crippen LogP contribution in [0.15, 0.2) is 0 Å². The summed E-state index contributed by atoms with van der Waals surface area (Å²) in [6.07, 6.45) is -9.14. The highest BCUT2D eigenvalue weighted by Crippen LogP contribution is 2.52. The van der Waals surface area contributed by atoms with E-state index in [-0.39, 0.29) is 47.2 Å². The Morgan fingerprint density at radius 3 is 1.33 bits per heavy atom. The Kier molecular flexibility index (Phi) is 26.6. The molecule has 29 atom stereocenters. The van der Waals surface area contributed by atoms with E-state index >= 15 is 0 Å². The van der Waals surface area contributed by atoms with E-state index in [0.717, 1.165) is 0 Å². The van der Waals surface area contributed by atoms with Gasteiger partial charge in [0.05, 0.1) is 104 Å². The quantitative estimate of drug-likeness (QED) is 0.0835. The fourth-order valence-corrected chi connectivity index (χ4v) is 17.6. The largest absolute Gasteiger partial charge is 0.509 e. The number of rotatable bonds is 12. The minimum Gasteiger partial charge on any atom is -0.457 e. The molecule has 4 bridgehead atoms. The zero-order valence-corrected chi connectivity index (χ0v) is 61.5. The van der Waals surface area contributed by atoms with Gasteiger partial charge in [-0.1, -0.05) is 55.4 Å². The molecular weight excluding hydrogens is 1310 g/mol. The van der Waals surface area contributed by atoms with Gasteiger partial charge >= 0.3 is 36.2 Å². The Morgan fingerprint density at radius 2 is 0.938 bits per heavy atom. The molecule has 0 spiro atoms. The van der Waals surface area contributed by atoms with Crippen molar-refractivity contribution in [1.29, 1.82) is 0 Å². The summed E-state index contributed by atoms with van der Waals surface area (Å²) in [5, 5.41) is 12.0. The first kappa shape index (κ1) is 78.9. The number of aliphatic hydroxyl groups excluding tert-OH is 1. The van der Waals surface area contributed by atoms with Crippen LogP contribution in [0.1, 0.15) is 163 Å². The molecule has 0 radical (unpaired) electrons. The van der Waals surface area contributed by atoms with Gasteiger partial charge in [0.25, 0.3) is 0 Å². The lowest BCUT2D eigenvalue weighted by atomic mass is 9.76. The molecule has 10 fully saturated rings. The first-order valence-electron chi connectivity index (χ1n) is 35.1. The summed E-state index contributed by atoms with van der Waals surface area (Å²) in [5.41, 5.74) is -4.50. The van der Waals surface area contributed by atoms with Crippen molar-refractivity contribution in [3.63, 3.8) is 0 Å². The summed E-state index contributed by atoms with van der Waals surface area (Å²) < 4.78 is 98.2. The molecule has 0 aromatic rings. The maximum absolute atomic E-state index is 14.1. The molecule has 0 aliphatic carbocycles. The van der Waals surface area contributed by atoms with Gasteiger partial charge in [-0.2, -0.15) is 0 Å². The molecule has 10 rings (SSSR count). The first-order valence-corrected chi connectivity index (χ1v) is 36.2. The number of fused-ring (bicyclic) bond motifs is 4. The maximum atomic E-state index is 14.1. The molecule has 554 valence electrons. The first-order chi connectivity index (χ1) is 45.6. The predicted molar refractivity (Wildman–Crippen MR) is 348 cm³/mol.